The topological polar surface area (TPSA) is 20.2 Å². The summed E-state index contributed by atoms with van der Waals surface area (Å²) in [4.78, 5) is 0. The van der Waals surface area contributed by atoms with E-state index in [0.717, 1.165) is 11.8 Å². The van der Waals surface area contributed by atoms with E-state index in [0.29, 0.717) is 17.9 Å². The van der Waals surface area contributed by atoms with Crippen LogP contribution in [0.1, 0.15) is 52.4 Å². The van der Waals surface area contributed by atoms with Crippen LogP contribution in [0.2, 0.25) is 0 Å². The lowest BCUT2D eigenvalue weighted by molar-refractivity contribution is 0.237. The molecule has 1 nitrogen and oxygen atoms in total. The van der Waals surface area contributed by atoms with E-state index in [4.69, 9.17) is 0 Å². The molecule has 3 atom stereocenters. The standard InChI is InChI=1S/C13H24O/c1-10(2)11-4-3-6-13(7-5-11)8-12(13)9-14/h10-12,14H,3-9H2,1-2H3. The molecule has 2 rings (SSSR count). The number of hydrogen-bond donors (Lipinski definition) is 1. The predicted octanol–water partition coefficient (Wildman–Crippen LogP) is 3.22. The summed E-state index contributed by atoms with van der Waals surface area (Å²) < 4.78 is 0. The molecule has 0 amide bonds. The highest BCUT2D eigenvalue weighted by molar-refractivity contribution is 5.02. The Morgan fingerprint density at radius 1 is 1.29 bits per heavy atom. The minimum absolute atomic E-state index is 0.437. The van der Waals surface area contributed by atoms with Crippen LogP contribution in [0.15, 0.2) is 0 Å². The maximum absolute atomic E-state index is 9.19. The fourth-order valence-electron chi connectivity index (χ4n) is 3.43. The minimum atomic E-state index is 0.437. The van der Waals surface area contributed by atoms with Crippen LogP contribution in [0, 0.1) is 23.2 Å². The van der Waals surface area contributed by atoms with Crippen molar-refractivity contribution in [1.29, 1.82) is 0 Å². The molecule has 0 bridgehead atoms. The third kappa shape index (κ3) is 1.84. The van der Waals surface area contributed by atoms with Crippen LogP contribution in [0.5, 0.6) is 0 Å². The zero-order valence-corrected chi connectivity index (χ0v) is 9.63. The molecule has 0 saturated heterocycles. The lowest BCUT2D eigenvalue weighted by Gasteiger charge is -2.18. The molecule has 2 aliphatic carbocycles. The van der Waals surface area contributed by atoms with E-state index in [9.17, 15) is 5.11 Å². The fourth-order valence-corrected chi connectivity index (χ4v) is 3.43. The Morgan fingerprint density at radius 2 is 2.07 bits per heavy atom. The van der Waals surface area contributed by atoms with Crippen molar-refractivity contribution in [3.63, 3.8) is 0 Å². The zero-order valence-electron chi connectivity index (χ0n) is 9.63. The van der Waals surface area contributed by atoms with Gasteiger partial charge < -0.3 is 5.11 Å². The molecular formula is C13H24O. The first-order chi connectivity index (χ1) is 6.68. The maximum Gasteiger partial charge on any atom is 0.0464 e. The molecule has 0 radical (unpaired) electrons. The first kappa shape index (κ1) is 10.5. The lowest BCUT2D eigenvalue weighted by Crippen LogP contribution is -2.08. The minimum Gasteiger partial charge on any atom is -0.396 e. The van der Waals surface area contributed by atoms with Gasteiger partial charge in [0.2, 0.25) is 0 Å². The SMILES string of the molecule is CC(C)C1CCCC2(CC1)CC2CO. The van der Waals surface area contributed by atoms with Crippen LogP contribution >= 0.6 is 0 Å². The van der Waals surface area contributed by atoms with Crippen LogP contribution in [-0.4, -0.2) is 11.7 Å². The van der Waals surface area contributed by atoms with E-state index in [2.05, 4.69) is 13.8 Å². The van der Waals surface area contributed by atoms with Gasteiger partial charge in [0.15, 0.2) is 0 Å². The van der Waals surface area contributed by atoms with Crippen molar-refractivity contribution < 1.29 is 5.11 Å². The molecule has 0 aliphatic heterocycles. The van der Waals surface area contributed by atoms with Crippen LogP contribution in [0.25, 0.3) is 0 Å². The van der Waals surface area contributed by atoms with Gasteiger partial charge in [0.05, 0.1) is 0 Å². The Balaban J connectivity index is 1.90. The van der Waals surface area contributed by atoms with Crippen LogP contribution < -0.4 is 0 Å². The van der Waals surface area contributed by atoms with E-state index in [1.54, 1.807) is 0 Å². The average Bonchev–Trinajstić information content (AvgIpc) is 2.89. The Hall–Kier alpha value is -0.0400. The molecule has 1 heteroatoms. The van der Waals surface area contributed by atoms with Gasteiger partial charge >= 0.3 is 0 Å². The van der Waals surface area contributed by atoms with Gasteiger partial charge in [-0.1, -0.05) is 26.7 Å². The van der Waals surface area contributed by atoms with Crippen molar-refractivity contribution in [3.05, 3.63) is 0 Å². The summed E-state index contributed by atoms with van der Waals surface area (Å²) in [5.74, 6) is 2.47. The highest BCUT2D eigenvalue weighted by atomic mass is 16.3. The van der Waals surface area contributed by atoms with Crippen molar-refractivity contribution >= 4 is 0 Å². The Kier molecular flexibility index (Phi) is 2.88. The number of aliphatic hydroxyl groups is 1. The second-order valence-corrected chi connectivity index (χ2v) is 5.88. The summed E-state index contributed by atoms with van der Waals surface area (Å²) in [6.07, 6.45) is 8.34. The summed E-state index contributed by atoms with van der Waals surface area (Å²) in [5.41, 5.74) is 0.596. The molecule has 2 fully saturated rings. The molecule has 1 spiro atoms. The molecule has 1 N–H and O–H groups in total. The van der Waals surface area contributed by atoms with E-state index >= 15 is 0 Å². The van der Waals surface area contributed by atoms with Crippen LogP contribution in [0.4, 0.5) is 0 Å². The van der Waals surface area contributed by atoms with E-state index in [1.165, 1.54) is 38.5 Å². The van der Waals surface area contributed by atoms with Gasteiger partial charge in [0.1, 0.15) is 0 Å². The van der Waals surface area contributed by atoms with Gasteiger partial charge in [-0.25, -0.2) is 0 Å². The normalized spacial score (nSPS) is 42.9. The van der Waals surface area contributed by atoms with Crippen molar-refractivity contribution in [2.24, 2.45) is 23.2 Å². The number of rotatable bonds is 2. The maximum atomic E-state index is 9.19. The molecule has 0 aromatic carbocycles. The third-order valence-corrected chi connectivity index (χ3v) is 4.78. The van der Waals surface area contributed by atoms with Crippen molar-refractivity contribution in [3.8, 4) is 0 Å². The molecule has 3 unspecified atom stereocenters. The smallest absolute Gasteiger partial charge is 0.0464 e. The van der Waals surface area contributed by atoms with E-state index in [-0.39, 0.29) is 0 Å². The van der Waals surface area contributed by atoms with Gasteiger partial charge in [0, 0.05) is 6.61 Å². The summed E-state index contributed by atoms with van der Waals surface area (Å²) in [6.45, 7) is 5.16. The summed E-state index contributed by atoms with van der Waals surface area (Å²) >= 11 is 0. The Labute approximate surface area is 87.9 Å². The molecule has 82 valence electrons. The molecule has 0 aromatic rings. The van der Waals surface area contributed by atoms with E-state index in [1.807, 2.05) is 0 Å². The zero-order chi connectivity index (χ0) is 10.2. The monoisotopic (exact) mass is 196 g/mol. The third-order valence-electron chi connectivity index (χ3n) is 4.78. The molecule has 2 saturated carbocycles. The van der Waals surface area contributed by atoms with Crippen molar-refractivity contribution in [1.82, 2.24) is 0 Å². The summed E-state index contributed by atoms with van der Waals surface area (Å²) in [7, 11) is 0. The molecule has 2 aliphatic rings. The highest BCUT2D eigenvalue weighted by Crippen LogP contribution is 2.61. The van der Waals surface area contributed by atoms with Crippen LogP contribution in [-0.2, 0) is 0 Å². The predicted molar refractivity (Wildman–Crippen MR) is 59.0 cm³/mol. The second-order valence-electron chi connectivity index (χ2n) is 5.88. The first-order valence-corrected chi connectivity index (χ1v) is 6.29. The van der Waals surface area contributed by atoms with Crippen molar-refractivity contribution in [2.45, 2.75) is 52.4 Å². The lowest BCUT2D eigenvalue weighted by atomic mass is 9.88. The molecule has 0 aromatic heterocycles. The van der Waals surface area contributed by atoms with E-state index < -0.39 is 0 Å². The molecular weight excluding hydrogens is 172 g/mol. The Bertz CT molecular complexity index is 199. The second kappa shape index (κ2) is 3.84. The fraction of sp³-hybridized carbons (Fsp3) is 1.00. The number of hydrogen-bond acceptors (Lipinski definition) is 1. The largest absolute Gasteiger partial charge is 0.396 e. The molecule has 0 heterocycles. The summed E-state index contributed by atoms with van der Waals surface area (Å²) in [6, 6.07) is 0. The number of aliphatic hydroxyl groups excluding tert-OH is 1. The quantitative estimate of drug-likeness (QED) is 0.719. The van der Waals surface area contributed by atoms with Gasteiger partial charge in [-0.2, -0.15) is 0 Å². The van der Waals surface area contributed by atoms with Gasteiger partial charge in [-0.15, -0.1) is 0 Å². The van der Waals surface area contributed by atoms with Crippen molar-refractivity contribution in [2.75, 3.05) is 6.61 Å². The average molecular weight is 196 g/mol. The highest BCUT2D eigenvalue weighted by Gasteiger charge is 2.53. The van der Waals surface area contributed by atoms with Gasteiger partial charge in [-0.05, 0) is 48.9 Å². The molecule has 14 heavy (non-hydrogen) atoms. The van der Waals surface area contributed by atoms with Gasteiger partial charge in [-0.3, -0.25) is 0 Å². The van der Waals surface area contributed by atoms with Gasteiger partial charge in [0.25, 0.3) is 0 Å². The Morgan fingerprint density at radius 3 is 2.64 bits per heavy atom. The first-order valence-electron chi connectivity index (χ1n) is 6.29. The summed E-state index contributed by atoms with van der Waals surface area (Å²) in [5, 5.41) is 9.19. The van der Waals surface area contributed by atoms with Crippen LogP contribution in [0.3, 0.4) is 0 Å².